The highest BCUT2D eigenvalue weighted by Gasteiger charge is 2.50. The molecular weight excluding hydrogens is 178 g/mol. The van der Waals surface area contributed by atoms with E-state index in [1.807, 2.05) is 6.08 Å². The normalized spacial score (nSPS) is 42.3. The van der Waals surface area contributed by atoms with Crippen LogP contribution < -0.4 is 0 Å². The van der Waals surface area contributed by atoms with Crippen LogP contribution >= 0.6 is 0 Å². The number of halogens is 2. The summed E-state index contributed by atoms with van der Waals surface area (Å²) in [5.74, 6) is -0.725. The molecule has 13 heavy (non-hydrogen) atoms. The van der Waals surface area contributed by atoms with E-state index in [0.717, 1.165) is 0 Å². The lowest BCUT2D eigenvalue weighted by Crippen LogP contribution is -2.23. The quantitative estimate of drug-likeness (QED) is 0.615. The monoisotopic (exact) mass is 188 g/mol. The molecule has 2 rings (SSSR count). The third-order valence-electron chi connectivity index (χ3n) is 2.89. The molecule has 0 saturated heterocycles. The van der Waals surface area contributed by atoms with Crippen molar-refractivity contribution in [2.24, 2.45) is 17.8 Å². The SMILES string of the molecule is CC1C(=O)[C@@H]2C=C[C@H]1C2OC(F)F. The molecule has 2 aliphatic rings. The third-order valence-corrected chi connectivity index (χ3v) is 2.89. The Bertz CT molecular complexity index is 262. The van der Waals surface area contributed by atoms with Crippen molar-refractivity contribution in [1.29, 1.82) is 0 Å². The van der Waals surface area contributed by atoms with E-state index < -0.39 is 18.6 Å². The van der Waals surface area contributed by atoms with Gasteiger partial charge >= 0.3 is 6.61 Å². The van der Waals surface area contributed by atoms with Gasteiger partial charge in [0.2, 0.25) is 0 Å². The van der Waals surface area contributed by atoms with Crippen LogP contribution in [-0.4, -0.2) is 18.5 Å². The predicted molar refractivity (Wildman–Crippen MR) is 41.2 cm³/mol. The first-order valence-corrected chi connectivity index (χ1v) is 4.27. The Labute approximate surface area is 74.6 Å². The zero-order valence-corrected chi connectivity index (χ0v) is 7.11. The minimum Gasteiger partial charge on any atom is -0.318 e. The summed E-state index contributed by atoms with van der Waals surface area (Å²) >= 11 is 0. The molecule has 0 amide bonds. The van der Waals surface area contributed by atoms with Gasteiger partial charge in [0.25, 0.3) is 0 Å². The summed E-state index contributed by atoms with van der Waals surface area (Å²) in [6.45, 7) is -1.02. The number of ether oxygens (including phenoxy) is 1. The fourth-order valence-corrected chi connectivity index (χ4v) is 2.20. The van der Waals surface area contributed by atoms with Crippen LogP contribution in [0.3, 0.4) is 0 Å². The number of Topliss-reactive ketones (excluding diaryl/α,β-unsaturated/α-hetero) is 1. The molecule has 4 heteroatoms. The van der Waals surface area contributed by atoms with E-state index in [4.69, 9.17) is 0 Å². The zero-order chi connectivity index (χ0) is 9.59. The topological polar surface area (TPSA) is 26.3 Å². The summed E-state index contributed by atoms with van der Waals surface area (Å²) < 4.78 is 28.3. The van der Waals surface area contributed by atoms with E-state index in [0.29, 0.717) is 0 Å². The summed E-state index contributed by atoms with van der Waals surface area (Å²) in [7, 11) is 0. The Morgan fingerprint density at radius 3 is 2.62 bits per heavy atom. The van der Waals surface area contributed by atoms with Crippen molar-refractivity contribution in [3.05, 3.63) is 12.2 Å². The first kappa shape index (κ1) is 8.81. The van der Waals surface area contributed by atoms with Crippen LogP contribution in [0.25, 0.3) is 0 Å². The standard InChI is InChI=1S/C9H10F2O2/c1-4-5-2-3-6(7(4)12)8(5)13-9(10)11/h2-6,8-9H,1H3/t4?,5-,6+,8?/m1/s1. The van der Waals surface area contributed by atoms with Gasteiger partial charge in [-0.05, 0) is 0 Å². The molecule has 2 aliphatic carbocycles. The maximum absolute atomic E-state index is 12.0. The van der Waals surface area contributed by atoms with Crippen LogP contribution in [0.2, 0.25) is 0 Å². The van der Waals surface area contributed by atoms with Crippen LogP contribution in [-0.2, 0) is 9.53 Å². The molecule has 1 saturated carbocycles. The molecular formula is C9H10F2O2. The van der Waals surface area contributed by atoms with Crippen molar-refractivity contribution in [2.45, 2.75) is 19.6 Å². The Hall–Kier alpha value is -0.770. The smallest absolute Gasteiger partial charge is 0.318 e. The largest absolute Gasteiger partial charge is 0.345 e. The second kappa shape index (κ2) is 2.87. The molecule has 0 radical (unpaired) electrons. The molecule has 2 unspecified atom stereocenters. The number of carbonyl (C=O) groups excluding carboxylic acids is 1. The summed E-state index contributed by atoms with van der Waals surface area (Å²) in [6.07, 6.45) is 2.87. The zero-order valence-electron chi connectivity index (χ0n) is 7.11. The molecule has 72 valence electrons. The van der Waals surface area contributed by atoms with Gasteiger partial charge in [-0.3, -0.25) is 4.79 Å². The van der Waals surface area contributed by atoms with Gasteiger partial charge in [0.05, 0.1) is 12.0 Å². The first-order valence-electron chi connectivity index (χ1n) is 4.27. The summed E-state index contributed by atoms with van der Waals surface area (Å²) in [5.41, 5.74) is 0. The highest BCUT2D eigenvalue weighted by Crippen LogP contribution is 2.43. The van der Waals surface area contributed by atoms with Crippen molar-refractivity contribution in [3.8, 4) is 0 Å². The molecule has 0 aromatic rings. The van der Waals surface area contributed by atoms with Crippen molar-refractivity contribution in [3.63, 3.8) is 0 Å². The molecule has 0 aromatic heterocycles. The minimum absolute atomic E-state index is 0.0261. The Balaban J connectivity index is 2.14. The van der Waals surface area contributed by atoms with E-state index in [1.165, 1.54) is 0 Å². The average molecular weight is 188 g/mol. The van der Waals surface area contributed by atoms with Crippen molar-refractivity contribution in [2.75, 3.05) is 0 Å². The lowest BCUT2D eigenvalue weighted by atomic mass is 9.95. The molecule has 2 nitrogen and oxygen atoms in total. The van der Waals surface area contributed by atoms with E-state index in [1.54, 1.807) is 13.0 Å². The Morgan fingerprint density at radius 2 is 2.15 bits per heavy atom. The molecule has 0 aromatic carbocycles. The number of fused-ring (bicyclic) bond motifs is 2. The molecule has 4 atom stereocenters. The highest BCUT2D eigenvalue weighted by atomic mass is 19.3. The molecule has 0 spiro atoms. The number of ketones is 1. The summed E-state index contributed by atoms with van der Waals surface area (Å²) in [4.78, 5) is 11.4. The van der Waals surface area contributed by atoms with Crippen molar-refractivity contribution >= 4 is 5.78 Å². The van der Waals surface area contributed by atoms with Gasteiger partial charge in [0.1, 0.15) is 5.78 Å². The van der Waals surface area contributed by atoms with Crippen LogP contribution in [0.4, 0.5) is 8.78 Å². The highest BCUT2D eigenvalue weighted by molar-refractivity contribution is 5.90. The Kier molecular flexibility index (Phi) is 1.95. The van der Waals surface area contributed by atoms with Gasteiger partial charge in [-0.1, -0.05) is 19.1 Å². The lowest BCUT2D eigenvalue weighted by Gasteiger charge is -2.15. The molecule has 0 aliphatic heterocycles. The number of rotatable bonds is 2. The molecule has 2 bridgehead atoms. The summed E-state index contributed by atoms with van der Waals surface area (Å²) in [5, 5.41) is 0. The first-order chi connectivity index (χ1) is 6.11. The molecule has 1 fully saturated rings. The van der Waals surface area contributed by atoms with Gasteiger partial charge < -0.3 is 4.74 Å². The number of hydrogen-bond donors (Lipinski definition) is 0. The number of alkyl halides is 2. The van der Waals surface area contributed by atoms with Crippen LogP contribution in [0.1, 0.15) is 6.92 Å². The second-order valence-electron chi connectivity index (χ2n) is 3.54. The van der Waals surface area contributed by atoms with E-state index in [-0.39, 0.29) is 17.6 Å². The maximum atomic E-state index is 12.0. The fourth-order valence-electron chi connectivity index (χ4n) is 2.20. The maximum Gasteiger partial charge on any atom is 0.345 e. The molecule has 0 N–H and O–H groups in total. The van der Waals surface area contributed by atoms with Crippen LogP contribution in [0.15, 0.2) is 12.2 Å². The predicted octanol–water partition coefficient (Wildman–Crippen LogP) is 1.62. The van der Waals surface area contributed by atoms with E-state index >= 15 is 0 Å². The van der Waals surface area contributed by atoms with Gasteiger partial charge in [-0.25, -0.2) is 0 Å². The second-order valence-corrected chi connectivity index (χ2v) is 3.54. The van der Waals surface area contributed by atoms with Gasteiger partial charge in [-0.15, -0.1) is 0 Å². The van der Waals surface area contributed by atoms with Gasteiger partial charge in [0.15, 0.2) is 0 Å². The fraction of sp³-hybridized carbons (Fsp3) is 0.667. The van der Waals surface area contributed by atoms with Crippen molar-refractivity contribution < 1.29 is 18.3 Å². The number of hydrogen-bond acceptors (Lipinski definition) is 2. The van der Waals surface area contributed by atoms with E-state index in [2.05, 4.69) is 4.74 Å². The van der Waals surface area contributed by atoms with Gasteiger partial charge in [0, 0.05) is 11.8 Å². The number of carbonyl (C=O) groups is 1. The lowest BCUT2D eigenvalue weighted by molar-refractivity contribution is -0.172. The minimum atomic E-state index is -2.78. The summed E-state index contributed by atoms with van der Waals surface area (Å²) in [6, 6.07) is 0. The average Bonchev–Trinajstić information content (AvgIpc) is 2.51. The van der Waals surface area contributed by atoms with Crippen LogP contribution in [0.5, 0.6) is 0 Å². The van der Waals surface area contributed by atoms with Crippen molar-refractivity contribution in [1.82, 2.24) is 0 Å². The van der Waals surface area contributed by atoms with Crippen LogP contribution in [0, 0.1) is 17.8 Å². The Morgan fingerprint density at radius 1 is 1.46 bits per heavy atom. The van der Waals surface area contributed by atoms with Gasteiger partial charge in [-0.2, -0.15) is 8.78 Å². The van der Waals surface area contributed by atoms with E-state index in [9.17, 15) is 13.6 Å². The third kappa shape index (κ3) is 1.20. The molecule has 0 heterocycles.